The van der Waals surface area contributed by atoms with Crippen LogP contribution in [0.2, 0.25) is 0 Å². The lowest BCUT2D eigenvalue weighted by molar-refractivity contribution is 0.0697. The van der Waals surface area contributed by atoms with Gasteiger partial charge in [0.1, 0.15) is 5.75 Å². The molecule has 0 aliphatic heterocycles. The van der Waals surface area contributed by atoms with Crippen LogP contribution in [0.25, 0.3) is 0 Å². The van der Waals surface area contributed by atoms with Crippen LogP contribution in [0.3, 0.4) is 0 Å². The van der Waals surface area contributed by atoms with Crippen molar-refractivity contribution in [3.05, 3.63) is 90.0 Å². The van der Waals surface area contributed by atoms with Gasteiger partial charge in [0.05, 0.1) is 22.5 Å². The number of rotatable bonds is 5. The second-order valence-electron chi connectivity index (χ2n) is 5.49. The third-order valence-electron chi connectivity index (χ3n) is 3.56. The first-order valence-corrected chi connectivity index (χ1v) is 8.06. The molecule has 3 aromatic rings. The van der Waals surface area contributed by atoms with Gasteiger partial charge in [0.2, 0.25) is 5.84 Å². The van der Waals surface area contributed by atoms with E-state index < -0.39 is 5.97 Å². The van der Waals surface area contributed by atoms with Gasteiger partial charge in [-0.05, 0) is 42.5 Å². The van der Waals surface area contributed by atoms with Gasteiger partial charge in [-0.25, -0.2) is 4.79 Å². The summed E-state index contributed by atoms with van der Waals surface area (Å²) in [7, 11) is 0. The number of aromatic hydroxyl groups is 1. The number of hydrogen-bond donors (Lipinski definition) is 3. The number of azo groups is 1. The molecule has 0 atom stereocenters. The van der Waals surface area contributed by atoms with E-state index in [1.54, 1.807) is 42.5 Å². The molecule has 134 valence electrons. The van der Waals surface area contributed by atoms with Crippen molar-refractivity contribution in [2.75, 3.05) is 5.43 Å². The minimum Gasteiger partial charge on any atom is -0.507 e. The van der Waals surface area contributed by atoms with Crippen molar-refractivity contribution in [2.24, 2.45) is 15.3 Å². The van der Waals surface area contributed by atoms with E-state index in [2.05, 4.69) is 20.8 Å². The number of benzene rings is 3. The number of carbonyl (C=O) groups is 1. The molecule has 7 nitrogen and oxygen atoms in total. The molecule has 0 spiro atoms. The van der Waals surface area contributed by atoms with E-state index in [0.717, 1.165) is 0 Å². The number of nitrogens with zero attached hydrogens (tertiary/aromatic N) is 3. The van der Waals surface area contributed by atoms with Crippen molar-refractivity contribution in [3.63, 3.8) is 0 Å². The lowest BCUT2D eigenvalue weighted by atomic mass is 10.2. The van der Waals surface area contributed by atoms with Crippen molar-refractivity contribution >= 4 is 23.2 Å². The van der Waals surface area contributed by atoms with E-state index in [-0.39, 0.29) is 17.1 Å². The summed E-state index contributed by atoms with van der Waals surface area (Å²) >= 11 is 0. The summed E-state index contributed by atoms with van der Waals surface area (Å²) in [5.74, 6) is -0.880. The second kappa shape index (κ2) is 8.39. The summed E-state index contributed by atoms with van der Waals surface area (Å²) < 4.78 is 0. The smallest absolute Gasteiger partial charge is 0.335 e. The highest BCUT2D eigenvalue weighted by Gasteiger charge is 2.09. The largest absolute Gasteiger partial charge is 0.507 e. The number of nitrogens with one attached hydrogen (secondary N) is 1. The molecule has 0 amide bonds. The zero-order valence-electron chi connectivity index (χ0n) is 14.1. The van der Waals surface area contributed by atoms with Gasteiger partial charge in [-0.3, -0.25) is 5.43 Å². The summed E-state index contributed by atoms with van der Waals surface area (Å²) in [5, 5.41) is 31.6. The Balaban J connectivity index is 1.93. The van der Waals surface area contributed by atoms with Crippen LogP contribution in [-0.4, -0.2) is 22.0 Å². The zero-order valence-corrected chi connectivity index (χ0v) is 14.1. The average Bonchev–Trinajstić information content (AvgIpc) is 2.70. The summed E-state index contributed by atoms with van der Waals surface area (Å²) in [6.45, 7) is 0. The molecule has 0 saturated heterocycles. The van der Waals surface area contributed by atoms with Crippen LogP contribution in [0, 0.1) is 0 Å². The van der Waals surface area contributed by atoms with E-state index >= 15 is 0 Å². The summed E-state index contributed by atoms with van der Waals surface area (Å²) in [5.41, 5.74) is 4.38. The molecule has 3 aromatic carbocycles. The standard InChI is InChI=1S/C20H16N4O3/c25-18-12-5-4-11-17(18)19(23-21-15-8-2-1-3-9-15)24-22-16-10-6-7-14(13-16)20(26)27/h1-13,22,25H,(H,26,27)/b23-21?,24-19+. The molecule has 0 aromatic heterocycles. The zero-order chi connectivity index (χ0) is 19.1. The first kappa shape index (κ1) is 17.8. The quantitative estimate of drug-likeness (QED) is 0.266. The normalized spacial score (nSPS) is 11.5. The van der Waals surface area contributed by atoms with Crippen LogP contribution >= 0.6 is 0 Å². The number of carboxylic acid groups (broad SMARTS) is 1. The van der Waals surface area contributed by atoms with Gasteiger partial charge in [-0.15, -0.1) is 10.2 Å². The van der Waals surface area contributed by atoms with Gasteiger partial charge in [-0.2, -0.15) is 5.10 Å². The Kier molecular flexibility index (Phi) is 5.54. The maximum Gasteiger partial charge on any atom is 0.335 e. The molecular formula is C20H16N4O3. The number of hydrogen-bond acceptors (Lipinski definition) is 5. The molecule has 7 heteroatoms. The molecule has 0 radical (unpaired) electrons. The Labute approximate surface area is 155 Å². The fraction of sp³-hybridized carbons (Fsp3) is 0. The minimum absolute atomic E-state index is 0.00403. The summed E-state index contributed by atoms with van der Waals surface area (Å²) in [6, 6.07) is 21.9. The molecule has 27 heavy (non-hydrogen) atoms. The van der Waals surface area contributed by atoms with Crippen molar-refractivity contribution < 1.29 is 15.0 Å². The number of anilines is 1. The maximum atomic E-state index is 11.1. The Morgan fingerprint density at radius 2 is 1.63 bits per heavy atom. The van der Waals surface area contributed by atoms with Gasteiger partial charge in [0.15, 0.2) is 0 Å². The van der Waals surface area contributed by atoms with E-state index in [1.807, 2.05) is 18.2 Å². The van der Waals surface area contributed by atoms with Crippen LogP contribution in [0.1, 0.15) is 15.9 Å². The second-order valence-corrected chi connectivity index (χ2v) is 5.49. The number of aromatic carboxylic acids is 1. The topological polar surface area (TPSA) is 107 Å². The highest BCUT2D eigenvalue weighted by atomic mass is 16.4. The van der Waals surface area contributed by atoms with Gasteiger partial charge < -0.3 is 10.2 Å². The number of hydrazone groups is 1. The number of amidine groups is 1. The third kappa shape index (κ3) is 4.76. The van der Waals surface area contributed by atoms with Crippen LogP contribution in [0.15, 0.2) is 94.2 Å². The van der Waals surface area contributed by atoms with Crippen LogP contribution in [0.5, 0.6) is 5.75 Å². The molecular weight excluding hydrogens is 344 g/mol. The molecule has 0 fully saturated rings. The van der Waals surface area contributed by atoms with Gasteiger partial charge in [-0.1, -0.05) is 36.4 Å². The molecule has 3 N–H and O–H groups in total. The van der Waals surface area contributed by atoms with Crippen LogP contribution in [0.4, 0.5) is 11.4 Å². The number of phenolic OH excluding ortho intramolecular Hbond substituents is 1. The Bertz CT molecular complexity index is 1000. The van der Waals surface area contributed by atoms with Crippen molar-refractivity contribution in [3.8, 4) is 5.75 Å². The van der Waals surface area contributed by atoms with Crippen LogP contribution < -0.4 is 5.43 Å². The van der Waals surface area contributed by atoms with Crippen LogP contribution in [-0.2, 0) is 0 Å². The fourth-order valence-electron chi connectivity index (χ4n) is 2.24. The Morgan fingerprint density at radius 1 is 0.889 bits per heavy atom. The van der Waals surface area contributed by atoms with Crippen molar-refractivity contribution in [1.29, 1.82) is 0 Å². The SMILES string of the molecule is O=C(O)c1cccc(N/N=C(/N=Nc2ccccc2)c2ccccc2O)c1. The molecule has 0 aliphatic rings. The van der Waals surface area contributed by atoms with Gasteiger partial charge in [0, 0.05) is 0 Å². The molecule has 0 saturated carbocycles. The monoisotopic (exact) mass is 360 g/mol. The average molecular weight is 360 g/mol. The lowest BCUT2D eigenvalue weighted by Crippen LogP contribution is -2.03. The van der Waals surface area contributed by atoms with E-state index in [1.165, 1.54) is 18.2 Å². The highest BCUT2D eigenvalue weighted by Crippen LogP contribution is 2.20. The predicted octanol–water partition coefficient (Wildman–Crippen LogP) is 4.65. The number of para-hydroxylation sites is 1. The molecule has 0 heterocycles. The predicted molar refractivity (Wildman–Crippen MR) is 103 cm³/mol. The maximum absolute atomic E-state index is 11.1. The van der Waals surface area contributed by atoms with E-state index in [0.29, 0.717) is 16.9 Å². The fourth-order valence-corrected chi connectivity index (χ4v) is 2.24. The Morgan fingerprint density at radius 3 is 2.37 bits per heavy atom. The van der Waals surface area contributed by atoms with Gasteiger partial charge >= 0.3 is 5.97 Å². The number of carboxylic acids is 1. The minimum atomic E-state index is -1.03. The molecule has 0 aliphatic carbocycles. The summed E-state index contributed by atoms with van der Waals surface area (Å²) in [6.07, 6.45) is 0. The van der Waals surface area contributed by atoms with Crippen molar-refractivity contribution in [1.82, 2.24) is 0 Å². The Hall–Kier alpha value is -4.00. The number of phenols is 1. The highest BCUT2D eigenvalue weighted by molar-refractivity contribution is 6.02. The van der Waals surface area contributed by atoms with Gasteiger partial charge in [0.25, 0.3) is 0 Å². The first-order valence-electron chi connectivity index (χ1n) is 8.06. The molecule has 0 unspecified atom stereocenters. The van der Waals surface area contributed by atoms with E-state index in [9.17, 15) is 9.90 Å². The molecule has 3 rings (SSSR count). The third-order valence-corrected chi connectivity index (χ3v) is 3.56. The first-order chi connectivity index (χ1) is 13.1. The van der Waals surface area contributed by atoms with E-state index in [4.69, 9.17) is 5.11 Å². The molecule has 0 bridgehead atoms. The lowest BCUT2D eigenvalue weighted by Gasteiger charge is -2.06. The summed E-state index contributed by atoms with van der Waals surface area (Å²) in [4.78, 5) is 11.1. The van der Waals surface area contributed by atoms with Crippen molar-refractivity contribution in [2.45, 2.75) is 0 Å².